The topological polar surface area (TPSA) is 117 Å². The Kier molecular flexibility index (Phi) is 4.85. The fourth-order valence-corrected chi connectivity index (χ4v) is 3.66. The van der Waals surface area contributed by atoms with Gasteiger partial charge in [0.25, 0.3) is 10.0 Å². The molecule has 0 radical (unpaired) electrons. The number of halogens is 1. The number of hydrogen-bond donors (Lipinski definition) is 1. The first-order valence-corrected chi connectivity index (χ1v) is 9.38. The van der Waals surface area contributed by atoms with Gasteiger partial charge in [-0.3, -0.25) is 0 Å². The Labute approximate surface area is 159 Å². The molecule has 0 amide bonds. The molecule has 0 saturated heterocycles. The van der Waals surface area contributed by atoms with Gasteiger partial charge >= 0.3 is 5.97 Å². The van der Waals surface area contributed by atoms with Crippen LogP contribution in [0.2, 0.25) is 5.15 Å². The predicted molar refractivity (Wildman–Crippen MR) is 98.7 cm³/mol. The molecule has 27 heavy (non-hydrogen) atoms. The van der Waals surface area contributed by atoms with Gasteiger partial charge in [0.05, 0.1) is 28.4 Å². The SMILES string of the molecule is Cc1ccc(C(=O)O)cc1S(=O)(=O)N(C)/N=C/c1cnn2ccc(Cl)nc12. The number of aromatic carboxylic acids is 1. The first-order chi connectivity index (χ1) is 12.7. The number of carbonyl (C=O) groups is 1. The van der Waals surface area contributed by atoms with Gasteiger partial charge in [-0.2, -0.15) is 23.0 Å². The van der Waals surface area contributed by atoms with Crippen LogP contribution in [0.15, 0.2) is 46.7 Å². The number of hydrazone groups is 1. The molecule has 9 nitrogen and oxygen atoms in total. The quantitative estimate of drug-likeness (QED) is 0.393. The Morgan fingerprint density at radius 1 is 1.37 bits per heavy atom. The number of aryl methyl sites for hydroxylation is 1. The zero-order chi connectivity index (χ0) is 19.8. The molecule has 2 heterocycles. The van der Waals surface area contributed by atoms with Crippen LogP contribution in [0.1, 0.15) is 21.5 Å². The fourth-order valence-electron chi connectivity index (χ4n) is 2.31. The monoisotopic (exact) mass is 407 g/mol. The van der Waals surface area contributed by atoms with E-state index in [1.165, 1.54) is 36.1 Å². The Morgan fingerprint density at radius 3 is 2.81 bits per heavy atom. The van der Waals surface area contributed by atoms with Gasteiger partial charge < -0.3 is 5.11 Å². The summed E-state index contributed by atoms with van der Waals surface area (Å²) in [7, 11) is -2.79. The highest BCUT2D eigenvalue weighted by Gasteiger charge is 2.23. The van der Waals surface area contributed by atoms with Crippen LogP contribution in [0.5, 0.6) is 0 Å². The van der Waals surface area contributed by atoms with E-state index in [-0.39, 0.29) is 15.6 Å². The maximum atomic E-state index is 12.8. The van der Waals surface area contributed by atoms with Crippen LogP contribution in [0.3, 0.4) is 0 Å². The molecule has 2 aromatic heterocycles. The molecule has 3 aromatic rings. The summed E-state index contributed by atoms with van der Waals surface area (Å²) in [5.41, 5.74) is 1.17. The first kappa shape index (κ1) is 18.8. The molecule has 0 saturated carbocycles. The zero-order valence-electron chi connectivity index (χ0n) is 14.2. The molecule has 0 aliphatic carbocycles. The van der Waals surface area contributed by atoms with E-state index in [1.807, 2.05) is 0 Å². The Morgan fingerprint density at radius 2 is 2.11 bits per heavy atom. The van der Waals surface area contributed by atoms with Crippen LogP contribution in [-0.2, 0) is 10.0 Å². The normalized spacial score (nSPS) is 12.0. The molecular formula is C16H14ClN5O4S. The van der Waals surface area contributed by atoms with Crippen molar-refractivity contribution < 1.29 is 18.3 Å². The minimum absolute atomic E-state index is 0.127. The molecule has 0 spiro atoms. The van der Waals surface area contributed by atoms with E-state index in [0.717, 1.165) is 10.5 Å². The molecule has 1 N–H and O–H groups in total. The summed E-state index contributed by atoms with van der Waals surface area (Å²) in [4.78, 5) is 15.1. The number of carboxylic acid groups (broad SMARTS) is 1. The molecule has 0 bridgehead atoms. The van der Waals surface area contributed by atoms with Gasteiger partial charge in [-0.25, -0.2) is 14.3 Å². The fraction of sp³-hybridized carbons (Fsp3) is 0.125. The Hall–Kier alpha value is -2.98. The molecule has 1 aromatic carbocycles. The van der Waals surface area contributed by atoms with E-state index in [0.29, 0.717) is 16.8 Å². The summed E-state index contributed by atoms with van der Waals surface area (Å²) in [5, 5.41) is 17.4. The average molecular weight is 408 g/mol. The minimum Gasteiger partial charge on any atom is -0.478 e. The number of aromatic nitrogens is 3. The van der Waals surface area contributed by atoms with Crippen molar-refractivity contribution in [1.29, 1.82) is 0 Å². The van der Waals surface area contributed by atoms with Gasteiger partial charge in [0.2, 0.25) is 0 Å². The lowest BCUT2D eigenvalue weighted by Crippen LogP contribution is -2.23. The van der Waals surface area contributed by atoms with Crippen LogP contribution in [0, 0.1) is 6.92 Å². The standard InChI is InChI=1S/C16H14ClN5O4S/c1-10-3-4-11(16(23)24)7-13(10)27(25,26)21(2)18-8-12-9-19-22-6-5-14(17)20-15(12)22/h3-9H,1-2H3,(H,23,24)/b18-8+. The van der Waals surface area contributed by atoms with Crippen molar-refractivity contribution in [1.82, 2.24) is 19.0 Å². The number of fused-ring (bicyclic) bond motifs is 1. The van der Waals surface area contributed by atoms with Gasteiger partial charge in [0.1, 0.15) is 5.15 Å². The van der Waals surface area contributed by atoms with E-state index in [1.54, 1.807) is 19.2 Å². The predicted octanol–water partition coefficient (Wildman–Crippen LogP) is 2.04. The van der Waals surface area contributed by atoms with Crippen molar-refractivity contribution in [3.05, 3.63) is 58.5 Å². The molecule has 3 rings (SSSR count). The van der Waals surface area contributed by atoms with E-state index >= 15 is 0 Å². The number of hydrogen-bond acceptors (Lipinski definition) is 6. The van der Waals surface area contributed by atoms with Crippen molar-refractivity contribution in [3.8, 4) is 0 Å². The largest absolute Gasteiger partial charge is 0.478 e. The van der Waals surface area contributed by atoms with Crippen LogP contribution in [-0.4, -0.2) is 51.8 Å². The number of rotatable bonds is 5. The van der Waals surface area contributed by atoms with Gasteiger partial charge in [0, 0.05) is 13.2 Å². The van der Waals surface area contributed by atoms with Gasteiger partial charge in [0.15, 0.2) is 5.65 Å². The van der Waals surface area contributed by atoms with Crippen LogP contribution in [0.25, 0.3) is 5.65 Å². The summed E-state index contributed by atoms with van der Waals surface area (Å²) in [6, 6.07) is 5.45. The van der Waals surface area contributed by atoms with E-state index in [9.17, 15) is 13.2 Å². The van der Waals surface area contributed by atoms with E-state index in [2.05, 4.69) is 15.2 Å². The lowest BCUT2D eigenvalue weighted by atomic mass is 10.1. The lowest BCUT2D eigenvalue weighted by molar-refractivity contribution is 0.0696. The van der Waals surface area contributed by atoms with E-state index < -0.39 is 16.0 Å². The number of carboxylic acids is 1. The van der Waals surface area contributed by atoms with Crippen LogP contribution < -0.4 is 0 Å². The highest BCUT2D eigenvalue weighted by molar-refractivity contribution is 7.89. The molecule has 0 fully saturated rings. The Bertz CT molecular complexity index is 1170. The highest BCUT2D eigenvalue weighted by Crippen LogP contribution is 2.21. The minimum atomic E-state index is -4.04. The third-order valence-electron chi connectivity index (χ3n) is 3.78. The number of sulfonamides is 1. The second-order valence-electron chi connectivity index (χ2n) is 5.59. The van der Waals surface area contributed by atoms with Gasteiger partial charge in [-0.1, -0.05) is 17.7 Å². The second kappa shape index (κ2) is 6.97. The maximum absolute atomic E-state index is 12.8. The molecule has 0 aliphatic rings. The molecule has 140 valence electrons. The van der Waals surface area contributed by atoms with Crippen LogP contribution >= 0.6 is 11.6 Å². The number of benzene rings is 1. The summed E-state index contributed by atoms with van der Waals surface area (Å²) in [6.07, 6.45) is 4.38. The molecule has 0 atom stereocenters. The molecular weight excluding hydrogens is 394 g/mol. The van der Waals surface area contributed by atoms with Crippen molar-refractivity contribution >= 4 is 39.5 Å². The lowest BCUT2D eigenvalue weighted by Gasteiger charge is -2.15. The Balaban J connectivity index is 1.96. The third kappa shape index (κ3) is 3.62. The van der Waals surface area contributed by atoms with Crippen LogP contribution in [0.4, 0.5) is 0 Å². The summed E-state index contributed by atoms with van der Waals surface area (Å²) in [5.74, 6) is -1.22. The summed E-state index contributed by atoms with van der Waals surface area (Å²) < 4.78 is 27.8. The van der Waals surface area contributed by atoms with Gasteiger partial charge in [-0.15, -0.1) is 0 Å². The van der Waals surface area contributed by atoms with E-state index in [4.69, 9.17) is 16.7 Å². The van der Waals surface area contributed by atoms with Crippen molar-refractivity contribution in [2.24, 2.45) is 5.10 Å². The first-order valence-electron chi connectivity index (χ1n) is 7.57. The molecule has 11 heteroatoms. The molecule has 0 aliphatic heterocycles. The second-order valence-corrected chi connectivity index (χ2v) is 7.89. The number of nitrogens with zero attached hydrogens (tertiary/aromatic N) is 5. The third-order valence-corrected chi connectivity index (χ3v) is 5.78. The van der Waals surface area contributed by atoms with Gasteiger partial charge in [-0.05, 0) is 30.7 Å². The maximum Gasteiger partial charge on any atom is 0.335 e. The average Bonchev–Trinajstić information content (AvgIpc) is 3.01. The zero-order valence-corrected chi connectivity index (χ0v) is 15.8. The summed E-state index contributed by atoms with van der Waals surface area (Å²) in [6.45, 7) is 1.58. The summed E-state index contributed by atoms with van der Waals surface area (Å²) >= 11 is 5.87. The van der Waals surface area contributed by atoms with Crippen molar-refractivity contribution in [2.45, 2.75) is 11.8 Å². The van der Waals surface area contributed by atoms with Crippen molar-refractivity contribution in [2.75, 3.05) is 7.05 Å². The van der Waals surface area contributed by atoms with Crippen molar-refractivity contribution in [3.63, 3.8) is 0 Å². The molecule has 0 unspecified atom stereocenters. The highest BCUT2D eigenvalue weighted by atomic mass is 35.5. The smallest absolute Gasteiger partial charge is 0.335 e.